The van der Waals surface area contributed by atoms with Crippen LogP contribution in [0.1, 0.15) is 12.8 Å². The molecular formula is C10H19N3O3. The number of methoxy groups -OCH3 is 1. The van der Waals surface area contributed by atoms with Crippen molar-refractivity contribution < 1.29 is 14.3 Å². The third kappa shape index (κ3) is 4.16. The molecule has 1 unspecified atom stereocenters. The molecule has 2 amide bonds. The standard InChI is InChI=1S/C10H19N3O3/c1-11-8-4-3-5-13(6-8)7-9(14)12-10(15)16-2/h8,11H,3-7H2,1-2H3,(H,12,14,15). The number of hydrogen-bond acceptors (Lipinski definition) is 5. The van der Waals surface area contributed by atoms with E-state index in [2.05, 4.69) is 15.4 Å². The molecule has 1 heterocycles. The highest BCUT2D eigenvalue weighted by atomic mass is 16.5. The lowest BCUT2D eigenvalue weighted by Crippen LogP contribution is -2.48. The molecule has 1 saturated heterocycles. The molecule has 0 saturated carbocycles. The molecule has 2 N–H and O–H groups in total. The van der Waals surface area contributed by atoms with Crippen LogP contribution in [-0.2, 0) is 9.53 Å². The molecule has 1 aliphatic rings. The molecule has 92 valence electrons. The number of ether oxygens (including phenoxy) is 1. The summed E-state index contributed by atoms with van der Waals surface area (Å²) in [6.45, 7) is 1.98. The Kier molecular flexibility index (Phi) is 5.21. The van der Waals surface area contributed by atoms with Gasteiger partial charge in [0.15, 0.2) is 0 Å². The van der Waals surface area contributed by atoms with Gasteiger partial charge >= 0.3 is 6.09 Å². The predicted molar refractivity (Wildman–Crippen MR) is 59.1 cm³/mol. The van der Waals surface area contributed by atoms with Gasteiger partial charge < -0.3 is 10.1 Å². The number of carbonyl (C=O) groups is 2. The van der Waals surface area contributed by atoms with Crippen LogP contribution in [0.4, 0.5) is 4.79 Å². The minimum atomic E-state index is -0.702. The van der Waals surface area contributed by atoms with Crippen molar-refractivity contribution in [2.24, 2.45) is 0 Å². The maximum atomic E-state index is 11.4. The first-order valence-corrected chi connectivity index (χ1v) is 5.43. The highest BCUT2D eigenvalue weighted by Crippen LogP contribution is 2.08. The summed E-state index contributed by atoms with van der Waals surface area (Å²) in [4.78, 5) is 24.2. The van der Waals surface area contributed by atoms with Crippen molar-refractivity contribution >= 4 is 12.0 Å². The fraction of sp³-hybridized carbons (Fsp3) is 0.800. The molecule has 0 radical (unpaired) electrons. The van der Waals surface area contributed by atoms with E-state index in [1.807, 2.05) is 11.9 Å². The van der Waals surface area contributed by atoms with Crippen molar-refractivity contribution in [2.45, 2.75) is 18.9 Å². The number of piperidine rings is 1. The number of carbonyl (C=O) groups excluding carboxylic acids is 2. The maximum Gasteiger partial charge on any atom is 0.413 e. The Morgan fingerprint density at radius 2 is 2.25 bits per heavy atom. The van der Waals surface area contributed by atoms with Gasteiger partial charge in [0.2, 0.25) is 5.91 Å². The molecule has 1 rings (SSSR count). The van der Waals surface area contributed by atoms with E-state index in [-0.39, 0.29) is 12.5 Å². The van der Waals surface area contributed by atoms with Gasteiger partial charge in [-0.15, -0.1) is 0 Å². The van der Waals surface area contributed by atoms with Gasteiger partial charge in [-0.1, -0.05) is 0 Å². The number of nitrogens with one attached hydrogen (secondary N) is 2. The maximum absolute atomic E-state index is 11.4. The number of imide groups is 1. The van der Waals surface area contributed by atoms with Crippen LogP contribution in [-0.4, -0.2) is 56.7 Å². The van der Waals surface area contributed by atoms with Crippen LogP contribution in [0, 0.1) is 0 Å². The summed E-state index contributed by atoms with van der Waals surface area (Å²) in [7, 11) is 3.16. The summed E-state index contributed by atoms with van der Waals surface area (Å²) in [5.74, 6) is -0.316. The zero-order chi connectivity index (χ0) is 12.0. The van der Waals surface area contributed by atoms with Crippen LogP contribution in [0.5, 0.6) is 0 Å². The largest absolute Gasteiger partial charge is 0.453 e. The van der Waals surface area contributed by atoms with Gasteiger partial charge in [0.05, 0.1) is 13.7 Å². The Bertz CT molecular complexity index is 258. The monoisotopic (exact) mass is 229 g/mol. The molecule has 0 aromatic rings. The van der Waals surface area contributed by atoms with E-state index in [0.717, 1.165) is 25.9 Å². The Morgan fingerprint density at radius 1 is 1.50 bits per heavy atom. The van der Waals surface area contributed by atoms with Crippen molar-refractivity contribution in [3.05, 3.63) is 0 Å². The summed E-state index contributed by atoms with van der Waals surface area (Å²) in [6, 6.07) is 0.430. The zero-order valence-corrected chi connectivity index (χ0v) is 9.78. The van der Waals surface area contributed by atoms with Gasteiger partial charge in [0, 0.05) is 12.6 Å². The smallest absolute Gasteiger partial charge is 0.413 e. The molecule has 0 spiro atoms. The van der Waals surface area contributed by atoms with E-state index in [1.54, 1.807) is 0 Å². The molecule has 6 heteroatoms. The van der Waals surface area contributed by atoms with Crippen molar-refractivity contribution in [3.63, 3.8) is 0 Å². The van der Waals surface area contributed by atoms with E-state index in [1.165, 1.54) is 7.11 Å². The molecule has 0 aliphatic carbocycles. The molecule has 0 aromatic heterocycles. The van der Waals surface area contributed by atoms with E-state index >= 15 is 0 Å². The topological polar surface area (TPSA) is 70.7 Å². The summed E-state index contributed by atoms with van der Waals surface area (Å²) in [6.07, 6.45) is 1.50. The Labute approximate surface area is 95.3 Å². The minimum Gasteiger partial charge on any atom is -0.453 e. The first kappa shape index (κ1) is 12.9. The first-order valence-electron chi connectivity index (χ1n) is 5.43. The average molecular weight is 229 g/mol. The van der Waals surface area contributed by atoms with Gasteiger partial charge in [0.25, 0.3) is 0 Å². The van der Waals surface area contributed by atoms with E-state index in [9.17, 15) is 9.59 Å². The quantitative estimate of drug-likeness (QED) is 0.686. The highest BCUT2D eigenvalue weighted by Gasteiger charge is 2.20. The SMILES string of the molecule is CNC1CCCN(CC(=O)NC(=O)OC)C1. The predicted octanol–water partition coefficient (Wildman–Crippen LogP) is -0.447. The van der Waals surface area contributed by atoms with Crippen LogP contribution in [0.3, 0.4) is 0 Å². The van der Waals surface area contributed by atoms with Crippen molar-refractivity contribution in [1.82, 2.24) is 15.5 Å². The Morgan fingerprint density at radius 3 is 2.88 bits per heavy atom. The molecule has 6 nitrogen and oxygen atoms in total. The third-order valence-electron chi connectivity index (χ3n) is 2.71. The lowest BCUT2D eigenvalue weighted by Gasteiger charge is -2.31. The Balaban J connectivity index is 2.30. The van der Waals surface area contributed by atoms with Crippen LogP contribution < -0.4 is 10.6 Å². The lowest BCUT2D eigenvalue weighted by atomic mass is 10.1. The number of hydrogen-bond donors (Lipinski definition) is 2. The summed E-state index contributed by atoms with van der Waals surface area (Å²) in [5.41, 5.74) is 0. The lowest BCUT2D eigenvalue weighted by molar-refractivity contribution is -0.121. The van der Waals surface area contributed by atoms with E-state index in [4.69, 9.17) is 0 Å². The molecule has 16 heavy (non-hydrogen) atoms. The molecule has 1 aliphatic heterocycles. The first-order chi connectivity index (χ1) is 7.65. The molecular weight excluding hydrogens is 210 g/mol. The van der Waals surface area contributed by atoms with Gasteiger partial charge in [-0.3, -0.25) is 15.0 Å². The zero-order valence-electron chi connectivity index (χ0n) is 9.78. The number of likely N-dealkylation sites (N-methyl/N-ethyl adjacent to an activating group) is 1. The second-order valence-electron chi connectivity index (χ2n) is 3.90. The van der Waals surface area contributed by atoms with E-state index in [0.29, 0.717) is 6.04 Å². The fourth-order valence-electron chi connectivity index (χ4n) is 1.84. The number of amides is 2. The van der Waals surface area contributed by atoms with Crippen molar-refractivity contribution in [2.75, 3.05) is 33.8 Å². The molecule has 0 aromatic carbocycles. The second-order valence-corrected chi connectivity index (χ2v) is 3.90. The molecule has 1 fully saturated rings. The van der Waals surface area contributed by atoms with Crippen LogP contribution in [0.2, 0.25) is 0 Å². The van der Waals surface area contributed by atoms with Gasteiger partial charge in [-0.05, 0) is 26.4 Å². The van der Waals surface area contributed by atoms with Gasteiger partial charge in [-0.2, -0.15) is 0 Å². The highest BCUT2D eigenvalue weighted by molar-refractivity contribution is 5.92. The summed E-state index contributed by atoms with van der Waals surface area (Å²) >= 11 is 0. The van der Waals surface area contributed by atoms with Crippen molar-refractivity contribution in [3.8, 4) is 0 Å². The second kappa shape index (κ2) is 6.44. The van der Waals surface area contributed by atoms with Gasteiger partial charge in [0.1, 0.15) is 0 Å². The van der Waals surface area contributed by atoms with Gasteiger partial charge in [-0.25, -0.2) is 4.79 Å². The fourth-order valence-corrected chi connectivity index (χ4v) is 1.84. The minimum absolute atomic E-state index is 0.243. The number of nitrogens with zero attached hydrogens (tertiary/aromatic N) is 1. The number of likely N-dealkylation sites (tertiary alicyclic amines) is 1. The van der Waals surface area contributed by atoms with Crippen LogP contribution in [0.15, 0.2) is 0 Å². The van der Waals surface area contributed by atoms with Crippen LogP contribution >= 0.6 is 0 Å². The molecule has 1 atom stereocenters. The van der Waals surface area contributed by atoms with Crippen molar-refractivity contribution in [1.29, 1.82) is 0 Å². The number of rotatable bonds is 3. The van der Waals surface area contributed by atoms with Crippen LogP contribution in [0.25, 0.3) is 0 Å². The van der Waals surface area contributed by atoms with E-state index < -0.39 is 6.09 Å². The Hall–Kier alpha value is -1.14. The molecule has 0 bridgehead atoms. The number of alkyl carbamates (subject to hydrolysis) is 1. The normalized spacial score (nSPS) is 21.5. The summed E-state index contributed by atoms with van der Waals surface area (Å²) in [5, 5.41) is 5.34. The summed E-state index contributed by atoms with van der Waals surface area (Å²) < 4.78 is 4.35. The average Bonchev–Trinajstić information content (AvgIpc) is 2.28. The third-order valence-corrected chi connectivity index (χ3v) is 2.71.